The first-order valence-electron chi connectivity index (χ1n) is 5.39. The van der Waals surface area contributed by atoms with E-state index >= 15 is 0 Å². The van der Waals surface area contributed by atoms with Gasteiger partial charge in [-0.15, -0.1) is 0 Å². The van der Waals surface area contributed by atoms with Crippen LogP contribution in [0, 0.1) is 5.82 Å². The van der Waals surface area contributed by atoms with Crippen LogP contribution in [0.2, 0.25) is 5.02 Å². The van der Waals surface area contributed by atoms with Gasteiger partial charge in [0.05, 0.1) is 10.7 Å². The summed E-state index contributed by atoms with van der Waals surface area (Å²) in [5, 5.41) is 11.5. The van der Waals surface area contributed by atoms with Gasteiger partial charge in [0, 0.05) is 7.05 Å². The van der Waals surface area contributed by atoms with Gasteiger partial charge in [-0.1, -0.05) is 11.6 Å². The second-order valence-corrected chi connectivity index (χ2v) is 4.88. The Kier molecular flexibility index (Phi) is 4.36. The molecule has 104 valence electrons. The summed E-state index contributed by atoms with van der Waals surface area (Å²) < 4.78 is 13.0. The van der Waals surface area contributed by atoms with Crippen LogP contribution >= 0.6 is 11.6 Å². The largest absolute Gasteiger partial charge is 0.480 e. The van der Waals surface area contributed by atoms with Crippen molar-refractivity contribution >= 4 is 29.3 Å². The number of carboxylic acid groups (broad SMARTS) is 1. The number of anilines is 1. The van der Waals surface area contributed by atoms with Crippen molar-refractivity contribution in [3.63, 3.8) is 0 Å². The molecule has 1 aromatic carbocycles. The number of carboxylic acids is 1. The molecule has 7 heteroatoms. The van der Waals surface area contributed by atoms with E-state index in [4.69, 9.17) is 16.7 Å². The molecule has 0 unspecified atom stereocenters. The highest BCUT2D eigenvalue weighted by molar-refractivity contribution is 6.33. The number of benzene rings is 1. The van der Waals surface area contributed by atoms with Crippen LogP contribution in [0.25, 0.3) is 0 Å². The fraction of sp³-hybridized carbons (Fsp3) is 0.333. The van der Waals surface area contributed by atoms with Crippen LogP contribution in [0.3, 0.4) is 0 Å². The molecule has 0 fully saturated rings. The van der Waals surface area contributed by atoms with Gasteiger partial charge < -0.3 is 15.3 Å². The zero-order valence-corrected chi connectivity index (χ0v) is 11.5. The van der Waals surface area contributed by atoms with Crippen molar-refractivity contribution in [2.24, 2.45) is 0 Å². The zero-order chi connectivity index (χ0) is 14.8. The first kappa shape index (κ1) is 15.2. The quantitative estimate of drug-likeness (QED) is 0.898. The molecule has 0 heterocycles. The Labute approximate surface area is 115 Å². The van der Waals surface area contributed by atoms with Crippen LogP contribution in [0.15, 0.2) is 18.2 Å². The lowest BCUT2D eigenvalue weighted by Gasteiger charge is -2.31. The average molecular weight is 289 g/mol. The summed E-state index contributed by atoms with van der Waals surface area (Å²) in [6.07, 6.45) is 0. The van der Waals surface area contributed by atoms with Gasteiger partial charge in [0.15, 0.2) is 0 Å². The van der Waals surface area contributed by atoms with Crippen LogP contribution in [-0.2, 0) is 4.79 Å². The van der Waals surface area contributed by atoms with Crippen molar-refractivity contribution in [3.8, 4) is 0 Å². The summed E-state index contributed by atoms with van der Waals surface area (Å²) in [7, 11) is 1.33. The Hall–Kier alpha value is -1.82. The van der Waals surface area contributed by atoms with E-state index in [0.29, 0.717) is 0 Å². The molecule has 2 amide bonds. The monoisotopic (exact) mass is 288 g/mol. The van der Waals surface area contributed by atoms with Crippen molar-refractivity contribution in [1.29, 1.82) is 0 Å². The van der Waals surface area contributed by atoms with E-state index in [-0.39, 0.29) is 10.7 Å². The number of aliphatic carboxylic acids is 1. The highest BCUT2D eigenvalue weighted by atomic mass is 35.5. The minimum atomic E-state index is -1.40. The Morgan fingerprint density at radius 2 is 2.00 bits per heavy atom. The Bertz CT molecular complexity index is 520. The van der Waals surface area contributed by atoms with Gasteiger partial charge in [-0.2, -0.15) is 0 Å². The van der Waals surface area contributed by atoms with Crippen molar-refractivity contribution in [2.45, 2.75) is 19.4 Å². The number of nitrogens with one attached hydrogen (secondary N) is 1. The molecule has 0 aliphatic carbocycles. The fourth-order valence-corrected chi connectivity index (χ4v) is 1.35. The number of carbonyl (C=O) groups excluding carboxylic acids is 1. The smallest absolute Gasteiger partial charge is 0.329 e. The van der Waals surface area contributed by atoms with Gasteiger partial charge in [0.25, 0.3) is 0 Å². The summed E-state index contributed by atoms with van der Waals surface area (Å²) in [6.45, 7) is 2.75. The number of likely N-dealkylation sites (N-methyl/N-ethyl adjacent to an activating group) is 1. The third-order valence-corrected chi connectivity index (χ3v) is 3.17. The summed E-state index contributed by atoms with van der Waals surface area (Å²) in [4.78, 5) is 23.9. The molecule has 1 rings (SSSR count). The number of hydrogen-bond donors (Lipinski definition) is 2. The average Bonchev–Trinajstić information content (AvgIpc) is 2.32. The third-order valence-electron chi connectivity index (χ3n) is 2.84. The molecule has 2 N–H and O–H groups in total. The maximum Gasteiger partial charge on any atom is 0.329 e. The molecule has 0 aromatic heterocycles. The van der Waals surface area contributed by atoms with Gasteiger partial charge in [-0.05, 0) is 32.0 Å². The first-order chi connectivity index (χ1) is 8.66. The minimum Gasteiger partial charge on any atom is -0.480 e. The highest BCUT2D eigenvalue weighted by Crippen LogP contribution is 2.23. The van der Waals surface area contributed by atoms with Gasteiger partial charge in [0.1, 0.15) is 11.4 Å². The second-order valence-electron chi connectivity index (χ2n) is 4.48. The lowest BCUT2D eigenvalue weighted by atomic mass is 10.1. The second kappa shape index (κ2) is 5.44. The Morgan fingerprint density at radius 3 is 2.53 bits per heavy atom. The van der Waals surface area contributed by atoms with Gasteiger partial charge >= 0.3 is 12.0 Å². The van der Waals surface area contributed by atoms with Crippen molar-refractivity contribution < 1.29 is 19.1 Å². The lowest BCUT2D eigenvalue weighted by Crippen LogP contribution is -2.52. The molecular formula is C12H14ClFN2O3. The molecule has 0 atom stereocenters. The van der Waals surface area contributed by atoms with E-state index < -0.39 is 23.4 Å². The number of halogens is 2. The van der Waals surface area contributed by atoms with Crippen molar-refractivity contribution in [1.82, 2.24) is 4.90 Å². The third kappa shape index (κ3) is 3.35. The molecule has 1 aromatic rings. The summed E-state index contributed by atoms with van der Waals surface area (Å²) in [6, 6.07) is 2.82. The predicted octanol–water partition coefficient (Wildman–Crippen LogP) is 2.81. The van der Waals surface area contributed by atoms with Crippen LogP contribution in [0.4, 0.5) is 14.9 Å². The van der Waals surface area contributed by atoms with E-state index in [2.05, 4.69) is 5.32 Å². The van der Waals surface area contributed by atoms with Crippen molar-refractivity contribution in [2.75, 3.05) is 12.4 Å². The number of carbonyl (C=O) groups is 2. The maximum atomic E-state index is 13.0. The minimum absolute atomic E-state index is 0.0831. The van der Waals surface area contributed by atoms with E-state index in [0.717, 1.165) is 17.0 Å². The molecule has 0 radical (unpaired) electrons. The van der Waals surface area contributed by atoms with Crippen LogP contribution in [0.1, 0.15) is 13.8 Å². The number of urea groups is 1. The Balaban J connectivity index is 2.91. The fourth-order valence-electron chi connectivity index (χ4n) is 1.19. The molecule has 19 heavy (non-hydrogen) atoms. The van der Waals surface area contributed by atoms with Gasteiger partial charge in [-0.25, -0.2) is 14.0 Å². The van der Waals surface area contributed by atoms with E-state index in [1.807, 2.05) is 0 Å². The molecular weight excluding hydrogens is 275 g/mol. The van der Waals surface area contributed by atoms with Crippen LogP contribution in [-0.4, -0.2) is 34.6 Å². The van der Waals surface area contributed by atoms with Gasteiger partial charge in [-0.3, -0.25) is 0 Å². The summed E-state index contributed by atoms with van der Waals surface area (Å²) >= 11 is 5.81. The number of hydrogen-bond acceptors (Lipinski definition) is 2. The summed E-state index contributed by atoms with van der Waals surface area (Å²) in [5.74, 6) is -1.71. The SMILES string of the molecule is CN(C(=O)Nc1cc(F)ccc1Cl)C(C)(C)C(=O)O. The maximum absolute atomic E-state index is 13.0. The Morgan fingerprint density at radius 1 is 1.42 bits per heavy atom. The number of rotatable bonds is 3. The lowest BCUT2D eigenvalue weighted by molar-refractivity contribution is -0.146. The van der Waals surface area contributed by atoms with Gasteiger partial charge in [0.2, 0.25) is 0 Å². The number of nitrogens with zero attached hydrogens (tertiary/aromatic N) is 1. The van der Waals surface area contributed by atoms with E-state index in [1.165, 1.54) is 27.0 Å². The highest BCUT2D eigenvalue weighted by Gasteiger charge is 2.35. The predicted molar refractivity (Wildman–Crippen MR) is 69.9 cm³/mol. The zero-order valence-electron chi connectivity index (χ0n) is 10.7. The molecule has 0 aliphatic rings. The first-order valence-corrected chi connectivity index (χ1v) is 5.77. The molecule has 5 nitrogen and oxygen atoms in total. The standard InChI is InChI=1S/C12H14ClFN2O3/c1-12(2,10(17)18)16(3)11(19)15-9-6-7(14)4-5-8(9)13/h4-6H,1-3H3,(H,15,19)(H,17,18). The summed E-state index contributed by atoms with van der Waals surface area (Å²) in [5.41, 5.74) is -1.32. The molecule has 0 spiro atoms. The van der Waals surface area contributed by atoms with Crippen LogP contribution in [0.5, 0.6) is 0 Å². The molecule has 0 saturated heterocycles. The topological polar surface area (TPSA) is 69.6 Å². The van der Waals surface area contributed by atoms with E-state index in [1.54, 1.807) is 0 Å². The molecule has 0 saturated carbocycles. The molecule has 0 bridgehead atoms. The van der Waals surface area contributed by atoms with Crippen LogP contribution < -0.4 is 5.32 Å². The molecule has 0 aliphatic heterocycles. The normalized spacial score (nSPS) is 11.0. The van der Waals surface area contributed by atoms with Crippen molar-refractivity contribution in [3.05, 3.63) is 29.0 Å². The van der Waals surface area contributed by atoms with E-state index in [9.17, 15) is 14.0 Å². The number of amides is 2.